The quantitative estimate of drug-likeness (QED) is 0.608. The van der Waals surface area contributed by atoms with Crippen LogP contribution in [0.2, 0.25) is 0 Å². The van der Waals surface area contributed by atoms with Crippen molar-refractivity contribution in [2.75, 3.05) is 19.8 Å². The average Bonchev–Trinajstić information content (AvgIpc) is 1.84. The molecule has 1 saturated heterocycles. The molecule has 66 valence electrons. The molecule has 0 saturated carbocycles. The fourth-order valence-electron chi connectivity index (χ4n) is 1.50. The standard InChI is InChI=1S/C8H17NO2/c1-6(2)8(4-11-5-8)7(9)3-10/h6-7,10H,3-5,9H2,1-2H3. The molecule has 1 aliphatic rings. The maximum Gasteiger partial charge on any atom is 0.0589 e. The molecular weight excluding hydrogens is 142 g/mol. The van der Waals surface area contributed by atoms with Gasteiger partial charge < -0.3 is 15.6 Å². The molecule has 3 heteroatoms. The summed E-state index contributed by atoms with van der Waals surface area (Å²) in [5.74, 6) is 0.485. The van der Waals surface area contributed by atoms with Gasteiger partial charge in [0.2, 0.25) is 0 Å². The first-order valence-electron chi connectivity index (χ1n) is 4.07. The lowest BCUT2D eigenvalue weighted by molar-refractivity contribution is -0.157. The van der Waals surface area contributed by atoms with Crippen LogP contribution >= 0.6 is 0 Å². The van der Waals surface area contributed by atoms with Gasteiger partial charge >= 0.3 is 0 Å². The lowest BCUT2D eigenvalue weighted by Gasteiger charge is -2.48. The highest BCUT2D eigenvalue weighted by Gasteiger charge is 2.46. The summed E-state index contributed by atoms with van der Waals surface area (Å²) in [7, 11) is 0. The van der Waals surface area contributed by atoms with Gasteiger partial charge in [-0.1, -0.05) is 13.8 Å². The second kappa shape index (κ2) is 3.09. The fourth-order valence-corrected chi connectivity index (χ4v) is 1.50. The smallest absolute Gasteiger partial charge is 0.0589 e. The molecule has 1 rings (SSSR count). The molecule has 0 aromatic heterocycles. The Morgan fingerprint density at radius 2 is 2.09 bits per heavy atom. The summed E-state index contributed by atoms with van der Waals surface area (Å²) in [6.07, 6.45) is 0. The molecule has 11 heavy (non-hydrogen) atoms. The predicted octanol–water partition coefficient (Wildman–Crippen LogP) is -0.0214. The van der Waals surface area contributed by atoms with Crippen molar-refractivity contribution < 1.29 is 9.84 Å². The third-order valence-electron chi connectivity index (χ3n) is 2.83. The van der Waals surface area contributed by atoms with E-state index < -0.39 is 0 Å². The molecule has 1 heterocycles. The Kier molecular flexibility index (Phi) is 2.52. The van der Waals surface area contributed by atoms with Crippen LogP contribution in [0.1, 0.15) is 13.8 Å². The molecule has 1 aliphatic heterocycles. The predicted molar refractivity (Wildman–Crippen MR) is 43.2 cm³/mol. The van der Waals surface area contributed by atoms with Crippen molar-refractivity contribution >= 4 is 0 Å². The average molecular weight is 159 g/mol. The Morgan fingerprint density at radius 1 is 1.55 bits per heavy atom. The van der Waals surface area contributed by atoms with Crippen LogP contribution in [0.4, 0.5) is 0 Å². The maximum absolute atomic E-state index is 8.90. The highest BCUT2D eigenvalue weighted by atomic mass is 16.5. The van der Waals surface area contributed by atoms with Gasteiger partial charge in [-0.15, -0.1) is 0 Å². The maximum atomic E-state index is 8.90. The molecule has 0 spiro atoms. The minimum absolute atomic E-state index is 0.0365. The molecule has 0 aliphatic carbocycles. The van der Waals surface area contributed by atoms with Crippen LogP contribution in [0, 0.1) is 11.3 Å². The van der Waals surface area contributed by atoms with Gasteiger partial charge in [-0.25, -0.2) is 0 Å². The Labute approximate surface area is 67.5 Å². The lowest BCUT2D eigenvalue weighted by Crippen LogP contribution is -2.59. The van der Waals surface area contributed by atoms with Gasteiger partial charge in [0.05, 0.1) is 19.8 Å². The largest absolute Gasteiger partial charge is 0.395 e. The normalized spacial score (nSPS) is 24.8. The second-order valence-electron chi connectivity index (χ2n) is 3.67. The van der Waals surface area contributed by atoms with Crippen LogP contribution < -0.4 is 5.73 Å². The van der Waals surface area contributed by atoms with Gasteiger partial charge in [0.25, 0.3) is 0 Å². The summed E-state index contributed by atoms with van der Waals surface area (Å²) in [6, 6.07) is -0.128. The zero-order valence-corrected chi connectivity index (χ0v) is 7.21. The van der Waals surface area contributed by atoms with Crippen LogP contribution in [0.15, 0.2) is 0 Å². The van der Waals surface area contributed by atoms with E-state index in [9.17, 15) is 0 Å². The molecule has 0 aromatic carbocycles. The third-order valence-corrected chi connectivity index (χ3v) is 2.83. The Morgan fingerprint density at radius 3 is 2.18 bits per heavy atom. The molecule has 0 radical (unpaired) electrons. The monoisotopic (exact) mass is 159 g/mol. The van der Waals surface area contributed by atoms with E-state index in [2.05, 4.69) is 13.8 Å². The van der Waals surface area contributed by atoms with Gasteiger partial charge in [-0.3, -0.25) is 0 Å². The number of aliphatic hydroxyl groups excluding tert-OH is 1. The summed E-state index contributed by atoms with van der Waals surface area (Å²) in [4.78, 5) is 0. The third kappa shape index (κ3) is 1.28. The van der Waals surface area contributed by atoms with Gasteiger partial charge in [0, 0.05) is 11.5 Å². The number of hydrogen-bond acceptors (Lipinski definition) is 3. The van der Waals surface area contributed by atoms with Crippen molar-refractivity contribution in [2.45, 2.75) is 19.9 Å². The summed E-state index contributed by atoms with van der Waals surface area (Å²) in [5.41, 5.74) is 5.82. The number of rotatable bonds is 3. The molecule has 1 fully saturated rings. The van der Waals surface area contributed by atoms with Crippen LogP contribution in [0.3, 0.4) is 0 Å². The highest BCUT2D eigenvalue weighted by molar-refractivity contribution is 4.96. The van der Waals surface area contributed by atoms with E-state index in [0.29, 0.717) is 19.1 Å². The Hall–Kier alpha value is -0.120. The van der Waals surface area contributed by atoms with Crippen LogP contribution in [0.25, 0.3) is 0 Å². The number of nitrogens with two attached hydrogens (primary N) is 1. The first kappa shape index (κ1) is 8.97. The first-order valence-corrected chi connectivity index (χ1v) is 4.07. The van der Waals surface area contributed by atoms with Crippen LogP contribution in [0.5, 0.6) is 0 Å². The van der Waals surface area contributed by atoms with Crippen molar-refractivity contribution in [3.63, 3.8) is 0 Å². The van der Waals surface area contributed by atoms with E-state index in [1.165, 1.54) is 0 Å². The van der Waals surface area contributed by atoms with Crippen molar-refractivity contribution in [3.05, 3.63) is 0 Å². The van der Waals surface area contributed by atoms with Gasteiger partial charge in [-0.05, 0) is 5.92 Å². The van der Waals surface area contributed by atoms with E-state index >= 15 is 0 Å². The number of hydrogen-bond donors (Lipinski definition) is 2. The first-order chi connectivity index (χ1) is 5.13. The summed E-state index contributed by atoms with van der Waals surface area (Å²) in [5, 5.41) is 8.90. The highest BCUT2D eigenvalue weighted by Crippen LogP contribution is 2.37. The van der Waals surface area contributed by atoms with E-state index in [1.54, 1.807) is 0 Å². The fraction of sp³-hybridized carbons (Fsp3) is 1.00. The molecule has 1 atom stereocenters. The van der Waals surface area contributed by atoms with E-state index in [-0.39, 0.29) is 18.1 Å². The van der Waals surface area contributed by atoms with E-state index in [1.807, 2.05) is 0 Å². The lowest BCUT2D eigenvalue weighted by atomic mass is 9.70. The zero-order valence-electron chi connectivity index (χ0n) is 7.21. The second-order valence-corrected chi connectivity index (χ2v) is 3.67. The Bertz CT molecular complexity index is 132. The summed E-state index contributed by atoms with van der Waals surface area (Å²) in [6.45, 7) is 5.70. The SMILES string of the molecule is CC(C)C1(C(N)CO)COC1. The van der Waals surface area contributed by atoms with E-state index in [0.717, 1.165) is 0 Å². The summed E-state index contributed by atoms with van der Waals surface area (Å²) < 4.78 is 5.13. The molecule has 0 aromatic rings. The molecule has 1 unspecified atom stereocenters. The van der Waals surface area contributed by atoms with E-state index in [4.69, 9.17) is 15.6 Å². The Balaban J connectivity index is 2.59. The number of aliphatic hydroxyl groups is 1. The minimum atomic E-state index is -0.128. The number of ether oxygens (including phenoxy) is 1. The minimum Gasteiger partial charge on any atom is -0.395 e. The van der Waals surface area contributed by atoms with Crippen molar-refractivity contribution in [3.8, 4) is 0 Å². The van der Waals surface area contributed by atoms with Crippen LogP contribution in [-0.4, -0.2) is 31.0 Å². The molecule has 0 amide bonds. The molecule has 3 nitrogen and oxygen atoms in total. The zero-order chi connectivity index (χ0) is 8.48. The van der Waals surface area contributed by atoms with Gasteiger partial charge in [0.1, 0.15) is 0 Å². The van der Waals surface area contributed by atoms with Crippen molar-refractivity contribution in [1.82, 2.24) is 0 Å². The van der Waals surface area contributed by atoms with Crippen molar-refractivity contribution in [2.24, 2.45) is 17.1 Å². The molecule has 3 N–H and O–H groups in total. The topological polar surface area (TPSA) is 55.5 Å². The van der Waals surface area contributed by atoms with Gasteiger partial charge in [0.15, 0.2) is 0 Å². The molecular formula is C8H17NO2. The van der Waals surface area contributed by atoms with Crippen molar-refractivity contribution in [1.29, 1.82) is 0 Å². The van der Waals surface area contributed by atoms with Gasteiger partial charge in [-0.2, -0.15) is 0 Å². The summed E-state index contributed by atoms with van der Waals surface area (Å²) >= 11 is 0. The van der Waals surface area contributed by atoms with Crippen LogP contribution in [-0.2, 0) is 4.74 Å². The molecule has 0 bridgehead atoms.